The summed E-state index contributed by atoms with van der Waals surface area (Å²) in [7, 11) is 2.16. The highest BCUT2D eigenvalue weighted by Crippen LogP contribution is 2.25. The third kappa shape index (κ3) is 32.9. The Hall–Kier alpha value is -1.75. The maximum Gasteiger partial charge on any atom is 0.323 e. The van der Waals surface area contributed by atoms with Gasteiger partial charge in [0.25, 0.3) is 0 Å². The number of likely N-dealkylation sites (N-methyl/N-ethyl adjacent to an activating group) is 1. The monoisotopic (exact) mass is 852 g/mol. The van der Waals surface area contributed by atoms with E-state index in [-0.39, 0.29) is 30.1 Å². The minimum atomic E-state index is -0.284. The van der Waals surface area contributed by atoms with Crippen LogP contribution in [0.5, 0.6) is 0 Å². The Morgan fingerprint density at radius 2 is 1.15 bits per heavy atom. The fourth-order valence-electron chi connectivity index (χ4n) is 8.23. The normalized spacial score (nSPS) is 15.7. The second kappa shape index (κ2) is 41.3. The SMILES string of the molecule is CCCCCCCCC(CCCCCCCC)CCC(=O)OCCCCCCCOC(=O)C1CC(OCCCN(C)CCNCCC)CN1CCCCCC(=O)OCCC. The lowest BCUT2D eigenvalue weighted by atomic mass is 9.90. The van der Waals surface area contributed by atoms with E-state index >= 15 is 0 Å². The molecule has 1 rings (SSSR count). The highest BCUT2D eigenvalue weighted by atomic mass is 16.5. The molecule has 10 heteroatoms. The summed E-state index contributed by atoms with van der Waals surface area (Å²) in [6, 6.07) is -0.284. The first-order valence-corrected chi connectivity index (χ1v) is 25.6. The molecule has 1 aliphatic heterocycles. The fraction of sp³-hybridized carbons (Fsp3) is 0.940. The number of ether oxygens (including phenoxy) is 4. The average molecular weight is 852 g/mol. The molecule has 0 saturated carbocycles. The second-order valence-electron chi connectivity index (χ2n) is 17.9. The van der Waals surface area contributed by atoms with Gasteiger partial charge in [0, 0.05) is 52.0 Å². The molecule has 0 aromatic rings. The van der Waals surface area contributed by atoms with Gasteiger partial charge in [-0.3, -0.25) is 19.3 Å². The van der Waals surface area contributed by atoms with E-state index in [0.29, 0.717) is 51.6 Å². The molecule has 0 bridgehead atoms. The van der Waals surface area contributed by atoms with Crippen LogP contribution in [-0.2, 0) is 33.3 Å². The predicted octanol–water partition coefficient (Wildman–Crippen LogP) is 11.2. The van der Waals surface area contributed by atoms with Crippen LogP contribution in [0.1, 0.15) is 214 Å². The summed E-state index contributed by atoms with van der Waals surface area (Å²) in [5, 5.41) is 3.46. The number of nitrogens with zero attached hydrogens (tertiary/aromatic N) is 2. The van der Waals surface area contributed by atoms with Gasteiger partial charge in [-0.05, 0) is 77.4 Å². The van der Waals surface area contributed by atoms with Gasteiger partial charge >= 0.3 is 17.9 Å². The second-order valence-corrected chi connectivity index (χ2v) is 17.9. The number of nitrogens with one attached hydrogen (secondary N) is 1. The fourth-order valence-corrected chi connectivity index (χ4v) is 8.23. The molecule has 0 radical (unpaired) electrons. The van der Waals surface area contributed by atoms with Crippen molar-refractivity contribution in [3.8, 4) is 0 Å². The molecule has 60 heavy (non-hydrogen) atoms. The van der Waals surface area contributed by atoms with E-state index in [9.17, 15) is 14.4 Å². The first-order valence-electron chi connectivity index (χ1n) is 25.6. The van der Waals surface area contributed by atoms with E-state index in [1.165, 1.54) is 89.9 Å². The molecule has 1 saturated heterocycles. The molecule has 354 valence electrons. The zero-order valence-corrected chi connectivity index (χ0v) is 40.1. The Morgan fingerprint density at radius 1 is 0.567 bits per heavy atom. The van der Waals surface area contributed by atoms with Gasteiger partial charge in [0.2, 0.25) is 0 Å². The molecule has 0 aromatic heterocycles. The first kappa shape index (κ1) is 56.3. The molecule has 0 aliphatic carbocycles. The standard InChI is InChI=1S/C50H97N3O7/c1-6-10-12-14-17-22-29-45(30-23-18-15-13-11-7-2)32-33-49(55)59-40-26-19-16-20-27-41-60-50(56)47-43-46(57-42-28-36-52(5)38-35-51-34-8-3)44-53(47)37-25-21-24-31-48(54)58-39-9-4/h45-47,51H,6-44H2,1-5H3. The molecule has 0 aromatic carbocycles. The number of hydrogen-bond acceptors (Lipinski definition) is 10. The van der Waals surface area contributed by atoms with Gasteiger partial charge in [0.15, 0.2) is 0 Å². The smallest absolute Gasteiger partial charge is 0.323 e. The Morgan fingerprint density at radius 3 is 1.80 bits per heavy atom. The van der Waals surface area contributed by atoms with Crippen molar-refractivity contribution >= 4 is 17.9 Å². The molecule has 2 atom stereocenters. The third-order valence-electron chi connectivity index (χ3n) is 12.0. The number of hydrogen-bond donors (Lipinski definition) is 1. The highest BCUT2D eigenvalue weighted by molar-refractivity contribution is 5.76. The Kier molecular flexibility index (Phi) is 38.7. The molecule has 0 spiro atoms. The van der Waals surface area contributed by atoms with Gasteiger partial charge < -0.3 is 29.2 Å². The summed E-state index contributed by atoms with van der Waals surface area (Å²) in [5.41, 5.74) is 0. The van der Waals surface area contributed by atoms with E-state index < -0.39 is 0 Å². The van der Waals surface area contributed by atoms with Crippen molar-refractivity contribution < 1.29 is 33.3 Å². The van der Waals surface area contributed by atoms with Gasteiger partial charge in [0.05, 0.1) is 25.9 Å². The van der Waals surface area contributed by atoms with E-state index in [1.807, 2.05) is 6.92 Å². The van der Waals surface area contributed by atoms with Crippen LogP contribution in [0.4, 0.5) is 0 Å². The highest BCUT2D eigenvalue weighted by Gasteiger charge is 2.38. The lowest BCUT2D eigenvalue weighted by Crippen LogP contribution is -2.38. The summed E-state index contributed by atoms with van der Waals surface area (Å²) in [6.07, 6.45) is 31.5. The lowest BCUT2D eigenvalue weighted by molar-refractivity contribution is -0.149. The van der Waals surface area contributed by atoms with E-state index in [1.54, 1.807) is 0 Å². The largest absolute Gasteiger partial charge is 0.466 e. The zero-order chi connectivity index (χ0) is 43.7. The first-order chi connectivity index (χ1) is 29.3. The predicted molar refractivity (Wildman–Crippen MR) is 248 cm³/mol. The van der Waals surface area contributed by atoms with Crippen molar-refractivity contribution in [3.05, 3.63) is 0 Å². The van der Waals surface area contributed by atoms with E-state index in [0.717, 1.165) is 116 Å². The Bertz CT molecular complexity index is 985. The third-order valence-corrected chi connectivity index (χ3v) is 12.0. The molecule has 0 amide bonds. The van der Waals surface area contributed by atoms with Crippen LogP contribution in [0.25, 0.3) is 0 Å². The average Bonchev–Trinajstić information content (AvgIpc) is 3.66. The number of carbonyl (C=O) groups is 3. The van der Waals surface area contributed by atoms with Crippen molar-refractivity contribution in [2.75, 3.05) is 72.7 Å². The van der Waals surface area contributed by atoms with Crippen LogP contribution in [0, 0.1) is 5.92 Å². The molecular weight excluding hydrogens is 755 g/mol. The van der Waals surface area contributed by atoms with E-state index in [4.69, 9.17) is 18.9 Å². The lowest BCUT2D eigenvalue weighted by Gasteiger charge is -2.22. The van der Waals surface area contributed by atoms with Crippen molar-refractivity contribution in [2.45, 2.75) is 226 Å². The number of carbonyl (C=O) groups excluding carboxylic acids is 3. The van der Waals surface area contributed by atoms with Crippen LogP contribution in [0.2, 0.25) is 0 Å². The Labute approximate surface area is 370 Å². The molecule has 1 heterocycles. The number of esters is 3. The minimum Gasteiger partial charge on any atom is -0.466 e. The van der Waals surface area contributed by atoms with Crippen molar-refractivity contribution in [2.24, 2.45) is 5.92 Å². The molecule has 10 nitrogen and oxygen atoms in total. The number of rotatable bonds is 44. The van der Waals surface area contributed by atoms with Gasteiger partial charge in [-0.2, -0.15) is 0 Å². The maximum absolute atomic E-state index is 13.3. The summed E-state index contributed by atoms with van der Waals surface area (Å²) in [4.78, 5) is 42.4. The number of unbranched alkanes of at least 4 members (excludes halogenated alkanes) is 16. The summed E-state index contributed by atoms with van der Waals surface area (Å²) < 4.78 is 23.0. The van der Waals surface area contributed by atoms with Crippen LogP contribution in [0.15, 0.2) is 0 Å². The summed E-state index contributed by atoms with van der Waals surface area (Å²) >= 11 is 0. The minimum absolute atomic E-state index is 0.0221. The molecule has 1 fully saturated rings. The Balaban J connectivity index is 2.35. The molecule has 2 unspecified atom stereocenters. The molecule has 1 aliphatic rings. The summed E-state index contributed by atoms with van der Waals surface area (Å²) in [6.45, 7) is 16.4. The van der Waals surface area contributed by atoms with Crippen molar-refractivity contribution in [3.63, 3.8) is 0 Å². The topological polar surface area (TPSA) is 107 Å². The van der Waals surface area contributed by atoms with Gasteiger partial charge in [-0.1, -0.05) is 143 Å². The van der Waals surface area contributed by atoms with Gasteiger partial charge in [-0.15, -0.1) is 0 Å². The van der Waals surface area contributed by atoms with Gasteiger partial charge in [0.1, 0.15) is 6.04 Å². The van der Waals surface area contributed by atoms with Crippen LogP contribution in [0.3, 0.4) is 0 Å². The molecule has 1 N–H and O–H groups in total. The van der Waals surface area contributed by atoms with Crippen LogP contribution < -0.4 is 5.32 Å². The van der Waals surface area contributed by atoms with Gasteiger partial charge in [-0.25, -0.2) is 0 Å². The summed E-state index contributed by atoms with van der Waals surface area (Å²) in [5.74, 6) is 0.360. The number of likely N-dealkylation sites (tertiary alicyclic amines) is 1. The molecular formula is C50H97N3O7. The van der Waals surface area contributed by atoms with E-state index in [2.05, 4.69) is 42.9 Å². The quantitative estimate of drug-likeness (QED) is 0.0362. The zero-order valence-electron chi connectivity index (χ0n) is 40.1. The maximum atomic E-state index is 13.3. The van der Waals surface area contributed by atoms with Crippen LogP contribution in [-0.4, -0.2) is 113 Å². The van der Waals surface area contributed by atoms with Crippen molar-refractivity contribution in [1.29, 1.82) is 0 Å². The van der Waals surface area contributed by atoms with Crippen molar-refractivity contribution in [1.82, 2.24) is 15.1 Å². The van der Waals surface area contributed by atoms with Crippen LogP contribution >= 0.6 is 0 Å².